The molecular formula is C13H19N3O4S. The molecule has 1 aliphatic carbocycles. The van der Waals surface area contributed by atoms with Crippen molar-refractivity contribution in [3.8, 4) is 0 Å². The third kappa shape index (κ3) is 3.33. The summed E-state index contributed by atoms with van der Waals surface area (Å²) in [7, 11) is -2.14. The van der Waals surface area contributed by atoms with Crippen LogP contribution >= 0.6 is 0 Å². The summed E-state index contributed by atoms with van der Waals surface area (Å²) < 4.78 is 27.0. The van der Waals surface area contributed by atoms with Crippen LogP contribution in [0.2, 0.25) is 0 Å². The highest BCUT2D eigenvalue weighted by Crippen LogP contribution is 2.51. The van der Waals surface area contributed by atoms with Crippen LogP contribution in [-0.2, 0) is 10.0 Å². The number of nitrogens with zero attached hydrogens (tertiary/aromatic N) is 1. The minimum absolute atomic E-state index is 0.0240. The molecule has 21 heavy (non-hydrogen) atoms. The Balaban J connectivity index is 2.18. The Morgan fingerprint density at radius 2 is 2.05 bits per heavy atom. The lowest BCUT2D eigenvalue weighted by Crippen LogP contribution is -2.27. The molecule has 1 aromatic rings. The van der Waals surface area contributed by atoms with Gasteiger partial charge in [-0.05, 0) is 29.9 Å². The predicted octanol–water partition coefficient (Wildman–Crippen LogP) is 1.96. The fourth-order valence-electron chi connectivity index (χ4n) is 2.26. The Morgan fingerprint density at radius 1 is 1.43 bits per heavy atom. The molecule has 0 aliphatic heterocycles. The second kappa shape index (κ2) is 5.27. The summed E-state index contributed by atoms with van der Waals surface area (Å²) in [5.74, 6) is 0.342. The minimum Gasteiger partial charge on any atom is -0.383 e. The largest absolute Gasteiger partial charge is 0.383 e. The molecule has 1 fully saturated rings. The standard InChI is InChI=1S/C13H19N3O4S/c1-13(2)7-9(13)8-15-21(19,20)10-4-5-12(16(17)18)11(6-10)14-3/h4-6,9,14-15H,7-8H2,1-3H3. The van der Waals surface area contributed by atoms with Crippen LogP contribution in [0.3, 0.4) is 0 Å². The Kier molecular flexibility index (Phi) is 3.94. The molecule has 0 bridgehead atoms. The first-order chi connectivity index (χ1) is 9.67. The number of sulfonamides is 1. The van der Waals surface area contributed by atoms with Crippen molar-refractivity contribution in [3.63, 3.8) is 0 Å². The summed E-state index contributed by atoms with van der Waals surface area (Å²) in [5, 5.41) is 13.5. The maximum Gasteiger partial charge on any atom is 0.292 e. The zero-order chi connectivity index (χ0) is 15.8. The van der Waals surface area contributed by atoms with E-state index in [9.17, 15) is 18.5 Å². The second-order valence-electron chi connectivity index (χ2n) is 5.93. The molecular weight excluding hydrogens is 294 g/mol. The fourth-order valence-corrected chi connectivity index (χ4v) is 3.37. The number of anilines is 1. The van der Waals surface area contributed by atoms with Crippen LogP contribution in [0.15, 0.2) is 23.1 Å². The molecule has 0 heterocycles. The molecule has 0 saturated heterocycles. The maximum atomic E-state index is 12.2. The highest BCUT2D eigenvalue weighted by atomic mass is 32.2. The van der Waals surface area contributed by atoms with Crippen LogP contribution in [-0.4, -0.2) is 26.9 Å². The summed E-state index contributed by atoms with van der Waals surface area (Å²) in [4.78, 5) is 10.3. The molecule has 0 amide bonds. The Labute approximate surface area is 123 Å². The molecule has 0 spiro atoms. The third-order valence-corrected chi connectivity index (χ3v) is 5.40. The molecule has 116 valence electrons. The molecule has 1 atom stereocenters. The van der Waals surface area contributed by atoms with E-state index >= 15 is 0 Å². The number of nitrogens with one attached hydrogen (secondary N) is 2. The van der Waals surface area contributed by atoms with Crippen molar-refractivity contribution >= 4 is 21.4 Å². The molecule has 0 radical (unpaired) electrons. The van der Waals surface area contributed by atoms with Gasteiger partial charge in [-0.1, -0.05) is 13.8 Å². The summed E-state index contributed by atoms with van der Waals surface area (Å²) in [6.45, 7) is 4.58. The van der Waals surface area contributed by atoms with Crippen LogP contribution in [0.4, 0.5) is 11.4 Å². The van der Waals surface area contributed by atoms with E-state index in [2.05, 4.69) is 23.9 Å². The summed E-state index contributed by atoms with van der Waals surface area (Å²) in [6.07, 6.45) is 0.998. The van der Waals surface area contributed by atoms with Gasteiger partial charge in [0.1, 0.15) is 5.69 Å². The van der Waals surface area contributed by atoms with Crippen molar-refractivity contribution in [3.05, 3.63) is 28.3 Å². The van der Waals surface area contributed by atoms with E-state index in [0.29, 0.717) is 12.5 Å². The molecule has 7 nitrogen and oxygen atoms in total. The maximum absolute atomic E-state index is 12.2. The van der Waals surface area contributed by atoms with E-state index in [4.69, 9.17) is 0 Å². The zero-order valence-electron chi connectivity index (χ0n) is 12.2. The molecule has 1 unspecified atom stereocenters. The van der Waals surface area contributed by atoms with Gasteiger partial charge in [-0.2, -0.15) is 0 Å². The molecule has 2 N–H and O–H groups in total. The predicted molar refractivity (Wildman–Crippen MR) is 79.7 cm³/mol. The topological polar surface area (TPSA) is 101 Å². The highest BCUT2D eigenvalue weighted by molar-refractivity contribution is 7.89. The Hall–Kier alpha value is -1.67. The average Bonchev–Trinajstić information content (AvgIpc) is 3.03. The number of nitro groups is 1. The van der Waals surface area contributed by atoms with Gasteiger partial charge in [0.25, 0.3) is 5.69 Å². The van der Waals surface area contributed by atoms with Gasteiger partial charge >= 0.3 is 0 Å². The average molecular weight is 313 g/mol. The van der Waals surface area contributed by atoms with Crippen molar-refractivity contribution in [2.45, 2.75) is 25.2 Å². The van der Waals surface area contributed by atoms with Gasteiger partial charge in [0.15, 0.2) is 0 Å². The van der Waals surface area contributed by atoms with Crippen molar-refractivity contribution in [1.82, 2.24) is 4.72 Å². The van der Waals surface area contributed by atoms with Crippen LogP contribution in [0.25, 0.3) is 0 Å². The fraction of sp³-hybridized carbons (Fsp3) is 0.538. The van der Waals surface area contributed by atoms with Crippen LogP contribution in [0.1, 0.15) is 20.3 Å². The van der Waals surface area contributed by atoms with Crippen molar-refractivity contribution in [2.24, 2.45) is 11.3 Å². The van der Waals surface area contributed by atoms with Gasteiger partial charge in [-0.25, -0.2) is 13.1 Å². The second-order valence-corrected chi connectivity index (χ2v) is 7.69. The summed E-state index contributed by atoms with van der Waals surface area (Å²) in [5.41, 5.74) is 0.211. The van der Waals surface area contributed by atoms with Gasteiger partial charge in [-0.3, -0.25) is 10.1 Å². The smallest absolute Gasteiger partial charge is 0.292 e. The molecule has 0 aromatic heterocycles. The van der Waals surface area contributed by atoms with Gasteiger partial charge in [-0.15, -0.1) is 0 Å². The first kappa shape index (κ1) is 15.7. The summed E-state index contributed by atoms with van der Waals surface area (Å²) >= 11 is 0. The van der Waals surface area contributed by atoms with Crippen LogP contribution in [0.5, 0.6) is 0 Å². The molecule has 8 heteroatoms. The zero-order valence-corrected chi connectivity index (χ0v) is 13.0. The normalized spacial score (nSPS) is 20.0. The Morgan fingerprint density at radius 3 is 2.52 bits per heavy atom. The van der Waals surface area contributed by atoms with Crippen LogP contribution in [0, 0.1) is 21.4 Å². The van der Waals surface area contributed by atoms with E-state index in [1.807, 2.05) is 0 Å². The minimum atomic E-state index is -3.65. The van der Waals surface area contributed by atoms with Crippen molar-refractivity contribution in [2.75, 3.05) is 18.9 Å². The van der Waals surface area contributed by atoms with Gasteiger partial charge in [0, 0.05) is 19.7 Å². The number of hydrogen-bond donors (Lipinski definition) is 2. The van der Waals surface area contributed by atoms with E-state index in [1.54, 1.807) is 0 Å². The highest BCUT2D eigenvalue weighted by Gasteiger charge is 2.45. The number of rotatable bonds is 6. The van der Waals surface area contributed by atoms with Crippen molar-refractivity contribution in [1.29, 1.82) is 0 Å². The van der Waals surface area contributed by atoms with E-state index in [-0.39, 0.29) is 21.7 Å². The number of nitro benzene ring substituents is 1. The Bertz CT molecular complexity index is 670. The number of hydrogen-bond acceptors (Lipinski definition) is 5. The van der Waals surface area contributed by atoms with Crippen molar-refractivity contribution < 1.29 is 13.3 Å². The third-order valence-electron chi connectivity index (χ3n) is 3.98. The van der Waals surface area contributed by atoms with E-state index < -0.39 is 14.9 Å². The first-order valence-corrected chi connectivity index (χ1v) is 8.11. The SMILES string of the molecule is CNc1cc(S(=O)(=O)NCC2CC2(C)C)ccc1[N+](=O)[O-]. The van der Waals surface area contributed by atoms with Crippen LogP contribution < -0.4 is 10.0 Å². The lowest BCUT2D eigenvalue weighted by Gasteiger charge is -2.09. The van der Waals surface area contributed by atoms with E-state index in [1.165, 1.54) is 25.2 Å². The molecule has 1 aliphatic rings. The van der Waals surface area contributed by atoms with E-state index in [0.717, 1.165) is 6.42 Å². The monoisotopic (exact) mass is 313 g/mol. The van der Waals surface area contributed by atoms with Gasteiger partial charge in [0.05, 0.1) is 9.82 Å². The van der Waals surface area contributed by atoms with Gasteiger partial charge < -0.3 is 5.32 Å². The first-order valence-electron chi connectivity index (χ1n) is 6.63. The molecule has 1 aromatic carbocycles. The van der Waals surface area contributed by atoms with Gasteiger partial charge in [0.2, 0.25) is 10.0 Å². The molecule has 2 rings (SSSR count). The number of benzene rings is 1. The quantitative estimate of drug-likeness (QED) is 0.617. The molecule has 1 saturated carbocycles. The lowest BCUT2D eigenvalue weighted by molar-refractivity contribution is -0.384. The lowest BCUT2D eigenvalue weighted by atomic mass is 10.1. The summed E-state index contributed by atoms with van der Waals surface area (Å²) in [6, 6.07) is 3.72.